The van der Waals surface area contributed by atoms with Crippen LogP contribution in [0.2, 0.25) is 0 Å². The fraction of sp³-hybridized carbons (Fsp3) is 0.619. The van der Waals surface area contributed by atoms with Gasteiger partial charge in [0.1, 0.15) is 6.04 Å². The Balaban J connectivity index is 1.74. The number of hydrogen-bond donors (Lipinski definition) is 1. The molecule has 1 aromatic rings. The molecule has 1 saturated carbocycles. The lowest BCUT2D eigenvalue weighted by molar-refractivity contribution is -0.138. The minimum Gasteiger partial charge on any atom is -0.341 e. The highest BCUT2D eigenvalue weighted by atomic mass is 16.2. The molecule has 2 atom stereocenters. The van der Waals surface area contributed by atoms with Crippen LogP contribution in [0.3, 0.4) is 0 Å². The molecule has 0 spiro atoms. The number of nitrogens with zero attached hydrogens (tertiary/aromatic N) is 1. The van der Waals surface area contributed by atoms with E-state index in [0.717, 1.165) is 44.3 Å². The molecular weight excluding hydrogens is 312 g/mol. The van der Waals surface area contributed by atoms with Gasteiger partial charge in [-0.3, -0.25) is 9.59 Å². The molecule has 1 aliphatic heterocycles. The Morgan fingerprint density at radius 2 is 1.64 bits per heavy atom. The van der Waals surface area contributed by atoms with E-state index in [4.69, 9.17) is 0 Å². The van der Waals surface area contributed by atoms with Crippen molar-refractivity contribution in [2.75, 3.05) is 13.1 Å². The minimum absolute atomic E-state index is 0.0195. The maximum Gasteiger partial charge on any atom is 0.249 e. The molecule has 1 aromatic carbocycles. The summed E-state index contributed by atoms with van der Waals surface area (Å²) in [6.07, 6.45) is 7.99. The predicted octanol–water partition coefficient (Wildman–Crippen LogP) is 3.68. The molecule has 2 amide bonds. The topological polar surface area (TPSA) is 49.4 Å². The van der Waals surface area contributed by atoms with Crippen molar-refractivity contribution in [3.05, 3.63) is 35.9 Å². The third-order valence-corrected chi connectivity index (χ3v) is 5.85. The van der Waals surface area contributed by atoms with Crippen LogP contribution in [-0.2, 0) is 9.59 Å². The van der Waals surface area contributed by atoms with Gasteiger partial charge in [0.15, 0.2) is 0 Å². The second kappa shape index (κ2) is 8.50. The number of rotatable bonds is 5. The molecule has 1 saturated heterocycles. The fourth-order valence-electron chi connectivity index (χ4n) is 4.18. The van der Waals surface area contributed by atoms with E-state index in [9.17, 15) is 9.59 Å². The molecule has 4 heteroatoms. The van der Waals surface area contributed by atoms with Crippen LogP contribution in [0.5, 0.6) is 0 Å². The average Bonchev–Trinajstić information content (AvgIpc) is 3.21. The van der Waals surface area contributed by atoms with Crippen LogP contribution in [0.4, 0.5) is 0 Å². The summed E-state index contributed by atoms with van der Waals surface area (Å²) >= 11 is 0. The first-order valence-corrected chi connectivity index (χ1v) is 9.81. The Kier molecular flexibility index (Phi) is 6.11. The van der Waals surface area contributed by atoms with Crippen LogP contribution >= 0.6 is 0 Å². The Morgan fingerprint density at radius 3 is 2.28 bits per heavy atom. The predicted molar refractivity (Wildman–Crippen MR) is 98.9 cm³/mol. The lowest BCUT2D eigenvalue weighted by Gasteiger charge is -2.31. The smallest absolute Gasteiger partial charge is 0.249 e. The minimum atomic E-state index is -0.560. The zero-order valence-electron chi connectivity index (χ0n) is 15.2. The first kappa shape index (κ1) is 18.0. The van der Waals surface area contributed by atoms with Crippen molar-refractivity contribution in [1.82, 2.24) is 10.2 Å². The van der Waals surface area contributed by atoms with E-state index in [1.807, 2.05) is 42.2 Å². The van der Waals surface area contributed by atoms with E-state index in [1.165, 1.54) is 19.3 Å². The summed E-state index contributed by atoms with van der Waals surface area (Å²) in [6, 6.07) is 9.11. The fourth-order valence-corrected chi connectivity index (χ4v) is 4.18. The van der Waals surface area contributed by atoms with Crippen LogP contribution < -0.4 is 5.32 Å². The highest BCUT2D eigenvalue weighted by Crippen LogP contribution is 2.32. The Bertz CT molecular complexity index is 575. The van der Waals surface area contributed by atoms with Crippen molar-refractivity contribution < 1.29 is 9.59 Å². The van der Waals surface area contributed by atoms with Gasteiger partial charge in [0.25, 0.3) is 0 Å². The maximum absolute atomic E-state index is 13.1. The third-order valence-electron chi connectivity index (χ3n) is 5.85. The summed E-state index contributed by atoms with van der Waals surface area (Å²) in [5.74, 6) is 0.494. The second-order valence-corrected chi connectivity index (χ2v) is 7.57. The monoisotopic (exact) mass is 342 g/mol. The van der Waals surface area contributed by atoms with Gasteiger partial charge in [0, 0.05) is 19.0 Å². The van der Waals surface area contributed by atoms with Gasteiger partial charge in [-0.2, -0.15) is 0 Å². The summed E-state index contributed by atoms with van der Waals surface area (Å²) in [7, 11) is 0. The van der Waals surface area contributed by atoms with E-state index >= 15 is 0 Å². The summed E-state index contributed by atoms with van der Waals surface area (Å²) in [5, 5.41) is 3.08. The normalized spacial score (nSPS) is 20.9. The zero-order chi connectivity index (χ0) is 17.6. The molecule has 0 bridgehead atoms. The van der Waals surface area contributed by atoms with Crippen LogP contribution in [0.15, 0.2) is 30.3 Å². The van der Waals surface area contributed by atoms with E-state index < -0.39 is 6.04 Å². The van der Waals surface area contributed by atoms with E-state index in [0.29, 0.717) is 5.92 Å². The van der Waals surface area contributed by atoms with E-state index in [1.54, 1.807) is 0 Å². The van der Waals surface area contributed by atoms with Crippen LogP contribution in [0.1, 0.15) is 63.5 Å². The molecule has 1 N–H and O–H groups in total. The van der Waals surface area contributed by atoms with Gasteiger partial charge >= 0.3 is 0 Å². The van der Waals surface area contributed by atoms with Gasteiger partial charge in [-0.05, 0) is 43.6 Å². The van der Waals surface area contributed by atoms with Gasteiger partial charge in [-0.1, -0.05) is 50.1 Å². The molecule has 2 fully saturated rings. The van der Waals surface area contributed by atoms with Crippen molar-refractivity contribution in [2.45, 2.75) is 57.9 Å². The molecule has 3 rings (SSSR count). The number of piperidine rings is 1. The van der Waals surface area contributed by atoms with Crippen molar-refractivity contribution >= 4 is 11.8 Å². The SMILES string of the molecule is CC(C(=O)N[C@H](C(=O)N1CCCCC1)c1ccccc1)C1CCCC1. The lowest BCUT2D eigenvalue weighted by Crippen LogP contribution is -2.46. The summed E-state index contributed by atoms with van der Waals surface area (Å²) in [5.41, 5.74) is 0.880. The largest absolute Gasteiger partial charge is 0.341 e. The highest BCUT2D eigenvalue weighted by molar-refractivity contribution is 5.89. The van der Waals surface area contributed by atoms with Crippen molar-refractivity contribution in [1.29, 1.82) is 0 Å². The first-order chi connectivity index (χ1) is 12.2. The molecule has 25 heavy (non-hydrogen) atoms. The highest BCUT2D eigenvalue weighted by Gasteiger charge is 2.32. The zero-order valence-corrected chi connectivity index (χ0v) is 15.2. The maximum atomic E-state index is 13.1. The van der Waals surface area contributed by atoms with Gasteiger partial charge in [0.2, 0.25) is 11.8 Å². The number of nitrogens with one attached hydrogen (secondary N) is 1. The third kappa shape index (κ3) is 4.42. The molecule has 1 unspecified atom stereocenters. The Hall–Kier alpha value is -1.84. The van der Waals surface area contributed by atoms with Gasteiger partial charge in [0.05, 0.1) is 0 Å². The summed E-state index contributed by atoms with van der Waals surface area (Å²) < 4.78 is 0. The van der Waals surface area contributed by atoms with Crippen LogP contribution in [0.25, 0.3) is 0 Å². The molecular formula is C21H30N2O2. The van der Waals surface area contributed by atoms with Gasteiger partial charge in [-0.25, -0.2) is 0 Å². The second-order valence-electron chi connectivity index (χ2n) is 7.57. The van der Waals surface area contributed by atoms with E-state index in [2.05, 4.69) is 5.32 Å². The van der Waals surface area contributed by atoms with Crippen molar-refractivity contribution in [2.24, 2.45) is 11.8 Å². The number of carbonyl (C=O) groups excluding carboxylic acids is 2. The lowest BCUT2D eigenvalue weighted by atomic mass is 9.91. The van der Waals surface area contributed by atoms with Gasteiger partial charge in [-0.15, -0.1) is 0 Å². The average molecular weight is 342 g/mol. The molecule has 4 nitrogen and oxygen atoms in total. The molecule has 0 radical (unpaired) electrons. The standard InChI is InChI=1S/C21H30N2O2/c1-16(17-10-6-7-11-17)20(24)22-19(18-12-4-2-5-13-18)21(25)23-14-8-3-9-15-23/h2,4-5,12-13,16-17,19H,3,6-11,14-15H2,1H3,(H,22,24)/t16?,19-/m0/s1. The van der Waals surface area contributed by atoms with Crippen molar-refractivity contribution in [3.63, 3.8) is 0 Å². The molecule has 136 valence electrons. The number of carbonyl (C=O) groups is 2. The van der Waals surface area contributed by atoms with E-state index in [-0.39, 0.29) is 17.7 Å². The van der Waals surface area contributed by atoms with Gasteiger partial charge < -0.3 is 10.2 Å². The number of likely N-dealkylation sites (tertiary alicyclic amines) is 1. The van der Waals surface area contributed by atoms with Crippen LogP contribution in [0, 0.1) is 11.8 Å². The first-order valence-electron chi connectivity index (χ1n) is 9.81. The quantitative estimate of drug-likeness (QED) is 0.887. The Morgan fingerprint density at radius 1 is 1.00 bits per heavy atom. The summed E-state index contributed by atoms with van der Waals surface area (Å²) in [6.45, 7) is 3.62. The number of benzene rings is 1. The number of hydrogen-bond acceptors (Lipinski definition) is 2. The van der Waals surface area contributed by atoms with Crippen LogP contribution in [-0.4, -0.2) is 29.8 Å². The molecule has 1 aliphatic carbocycles. The molecule has 2 aliphatic rings. The summed E-state index contributed by atoms with van der Waals surface area (Å²) in [4.78, 5) is 27.8. The molecule has 1 heterocycles. The molecule has 0 aromatic heterocycles. The Labute approximate surface area is 151 Å². The number of amides is 2. The van der Waals surface area contributed by atoms with Crippen molar-refractivity contribution in [3.8, 4) is 0 Å².